The molecule has 6 N–H and O–H groups in total. The third-order valence-electron chi connectivity index (χ3n) is 7.19. The Morgan fingerprint density at radius 3 is 2.88 bits per heavy atom. The van der Waals surface area contributed by atoms with Gasteiger partial charge in [-0.25, -0.2) is 15.0 Å². The monoisotopic (exact) mass is 510 g/mol. The summed E-state index contributed by atoms with van der Waals surface area (Å²) in [5, 5.41) is 24.3. The molecule has 4 heterocycles. The summed E-state index contributed by atoms with van der Waals surface area (Å²) in [5.74, 6) is 0.605. The van der Waals surface area contributed by atoms with Gasteiger partial charge in [0, 0.05) is 17.5 Å². The highest BCUT2D eigenvalue weighted by Gasteiger charge is 2.61. The van der Waals surface area contributed by atoms with E-state index in [1.807, 2.05) is 41.1 Å². The molecule has 10 heteroatoms. The number of aliphatic hydroxyl groups excluding tert-OH is 1. The van der Waals surface area contributed by atoms with Crippen LogP contribution in [0.15, 0.2) is 47.3 Å². The molecule has 4 aromatic rings. The Balaban J connectivity index is 1.29. The fraction of sp³-hybridized carbons (Fsp3) is 0.348. The summed E-state index contributed by atoms with van der Waals surface area (Å²) in [6, 6.07) is 9.49. The van der Waals surface area contributed by atoms with Crippen LogP contribution >= 0.6 is 15.9 Å². The molecule has 2 fully saturated rings. The number of hydrogen-bond acceptors (Lipinski definition) is 8. The van der Waals surface area contributed by atoms with Gasteiger partial charge in [0.1, 0.15) is 35.3 Å². The topological polar surface area (TPSA) is 145 Å². The lowest BCUT2D eigenvalue weighted by Crippen LogP contribution is -2.45. The summed E-state index contributed by atoms with van der Waals surface area (Å²) in [4.78, 5) is 12.8. The Morgan fingerprint density at radius 2 is 2.03 bits per heavy atom. The second-order valence-electron chi connectivity index (χ2n) is 9.00. The second kappa shape index (κ2) is 7.36. The molecule has 0 amide bonds. The number of ether oxygens (including phenoxy) is 1. The van der Waals surface area contributed by atoms with Crippen molar-refractivity contribution in [3.05, 3.63) is 52.9 Å². The largest absolute Gasteiger partial charge is 0.388 e. The molecule has 1 aliphatic heterocycles. The van der Waals surface area contributed by atoms with E-state index >= 15 is 0 Å². The van der Waals surface area contributed by atoms with Crippen LogP contribution in [0.1, 0.15) is 18.0 Å². The van der Waals surface area contributed by atoms with Gasteiger partial charge in [0.05, 0.1) is 34.1 Å². The number of pyridine rings is 1. The lowest BCUT2D eigenvalue weighted by Gasteiger charge is -2.27. The van der Waals surface area contributed by atoms with Crippen molar-refractivity contribution in [2.45, 2.75) is 36.7 Å². The molecule has 1 saturated carbocycles. The number of aliphatic hydroxyl groups is 2. The van der Waals surface area contributed by atoms with Crippen molar-refractivity contribution in [3.63, 3.8) is 0 Å². The third-order valence-corrected chi connectivity index (χ3v) is 7.82. The van der Waals surface area contributed by atoms with Crippen molar-refractivity contribution in [1.29, 1.82) is 0 Å². The van der Waals surface area contributed by atoms with E-state index in [1.54, 1.807) is 0 Å². The number of benzene rings is 1. The summed E-state index contributed by atoms with van der Waals surface area (Å²) >= 11 is 3.41. The van der Waals surface area contributed by atoms with Crippen LogP contribution in [0.25, 0.3) is 21.9 Å². The molecule has 1 aliphatic carbocycles. The van der Waals surface area contributed by atoms with Crippen LogP contribution in [0.4, 0.5) is 11.6 Å². The number of rotatable bonds is 3. The van der Waals surface area contributed by atoms with Crippen LogP contribution in [0, 0.1) is 5.92 Å². The van der Waals surface area contributed by atoms with E-state index in [9.17, 15) is 10.2 Å². The van der Waals surface area contributed by atoms with Gasteiger partial charge in [0.15, 0.2) is 0 Å². The van der Waals surface area contributed by atoms with E-state index < -0.39 is 11.7 Å². The van der Waals surface area contributed by atoms with Crippen LogP contribution in [-0.2, 0) is 11.2 Å². The van der Waals surface area contributed by atoms with Gasteiger partial charge in [-0.05, 0) is 52.5 Å². The Kier molecular flexibility index (Phi) is 4.64. The third kappa shape index (κ3) is 3.12. The molecule has 2 unspecified atom stereocenters. The fourth-order valence-electron chi connectivity index (χ4n) is 5.45. The van der Waals surface area contributed by atoms with Crippen molar-refractivity contribution in [2.24, 2.45) is 5.92 Å². The van der Waals surface area contributed by atoms with E-state index in [2.05, 4.69) is 30.9 Å². The molecule has 1 aromatic carbocycles. The molecular formula is C23H23BrN6O3. The van der Waals surface area contributed by atoms with E-state index in [-0.39, 0.29) is 24.7 Å². The van der Waals surface area contributed by atoms with Gasteiger partial charge in [-0.1, -0.05) is 12.1 Å². The number of nitrogens with two attached hydrogens (primary N) is 2. The maximum atomic E-state index is 11.4. The number of halogens is 1. The number of aromatic nitrogens is 4. The van der Waals surface area contributed by atoms with E-state index in [0.717, 1.165) is 26.3 Å². The summed E-state index contributed by atoms with van der Waals surface area (Å²) in [6.07, 6.45) is 3.19. The summed E-state index contributed by atoms with van der Waals surface area (Å²) in [6.45, 7) is 0.0854. The molecule has 5 atom stereocenters. The van der Waals surface area contributed by atoms with E-state index in [0.29, 0.717) is 30.1 Å². The van der Waals surface area contributed by atoms with E-state index in [1.165, 1.54) is 6.33 Å². The van der Waals surface area contributed by atoms with Crippen molar-refractivity contribution < 1.29 is 14.9 Å². The van der Waals surface area contributed by atoms with Gasteiger partial charge in [0.25, 0.3) is 0 Å². The minimum Gasteiger partial charge on any atom is -0.388 e. The predicted molar refractivity (Wildman–Crippen MR) is 127 cm³/mol. The van der Waals surface area contributed by atoms with Crippen LogP contribution < -0.4 is 11.5 Å². The van der Waals surface area contributed by atoms with Crippen molar-refractivity contribution in [1.82, 2.24) is 19.5 Å². The first kappa shape index (κ1) is 20.8. The lowest BCUT2D eigenvalue weighted by molar-refractivity contribution is -0.0814. The minimum absolute atomic E-state index is 0.0854. The molecule has 3 aromatic heterocycles. The number of nitrogens with zero attached hydrogens (tertiary/aromatic N) is 4. The second-order valence-corrected chi connectivity index (χ2v) is 9.86. The number of nitrogen functional groups attached to an aromatic ring is 2. The Hall–Kier alpha value is -2.79. The van der Waals surface area contributed by atoms with Crippen LogP contribution in [0.2, 0.25) is 0 Å². The molecular weight excluding hydrogens is 488 g/mol. The molecule has 170 valence electrons. The zero-order valence-electron chi connectivity index (χ0n) is 17.6. The Bertz CT molecular complexity index is 1390. The highest BCUT2D eigenvalue weighted by atomic mass is 79.9. The van der Waals surface area contributed by atoms with Crippen LogP contribution in [0.3, 0.4) is 0 Å². The maximum absolute atomic E-state index is 11.4. The molecule has 0 bridgehead atoms. The fourth-order valence-corrected chi connectivity index (χ4v) is 5.79. The predicted octanol–water partition coefficient (Wildman–Crippen LogP) is 2.20. The highest BCUT2D eigenvalue weighted by Crippen LogP contribution is 2.50. The van der Waals surface area contributed by atoms with E-state index in [4.69, 9.17) is 16.2 Å². The quantitative estimate of drug-likeness (QED) is 0.328. The smallest absolute Gasteiger partial charge is 0.145 e. The van der Waals surface area contributed by atoms with Crippen molar-refractivity contribution in [3.8, 4) is 0 Å². The summed E-state index contributed by atoms with van der Waals surface area (Å²) in [5.41, 5.74) is 13.1. The maximum Gasteiger partial charge on any atom is 0.145 e. The molecule has 2 aliphatic rings. The van der Waals surface area contributed by atoms with Gasteiger partial charge in [-0.15, -0.1) is 0 Å². The normalized spacial score (nSPS) is 29.2. The van der Waals surface area contributed by atoms with Crippen LogP contribution in [0.5, 0.6) is 0 Å². The molecule has 0 radical (unpaired) electrons. The first-order valence-corrected chi connectivity index (χ1v) is 11.6. The minimum atomic E-state index is -1.32. The SMILES string of the molecule is Nc1nc2cc(CC3OC[C@@]4(O)C3C[C@@H](n3ccc5c(N)ncnc53)[C@@H]4O)ccc2cc1Br. The first-order chi connectivity index (χ1) is 15.8. The standard InChI is InChI=1S/C23H23BrN6O3/c24-15-7-12-2-1-11(5-16(12)29-21(15)26)6-18-14-8-17(19(31)23(14,32)9-33-18)30-4-3-13-20(25)27-10-28-22(13)30/h1-5,7,10,14,17-19,31-32H,6,8-9H2,(H2,26,29)(H2,25,27,28)/t14?,17-,18?,19+,23-/m1/s1. The molecule has 0 spiro atoms. The Morgan fingerprint density at radius 1 is 1.18 bits per heavy atom. The average molecular weight is 511 g/mol. The summed E-state index contributed by atoms with van der Waals surface area (Å²) in [7, 11) is 0. The van der Waals surface area contributed by atoms with Gasteiger partial charge in [0.2, 0.25) is 0 Å². The highest BCUT2D eigenvalue weighted by molar-refractivity contribution is 9.10. The van der Waals surface area contributed by atoms with Gasteiger partial charge in [-0.2, -0.15) is 0 Å². The van der Waals surface area contributed by atoms with Gasteiger partial charge < -0.3 is 31.0 Å². The zero-order valence-corrected chi connectivity index (χ0v) is 19.2. The molecule has 1 saturated heterocycles. The van der Waals surface area contributed by atoms with Gasteiger partial charge in [-0.3, -0.25) is 0 Å². The average Bonchev–Trinajstić information content (AvgIpc) is 3.42. The molecule has 6 rings (SSSR count). The first-order valence-electron chi connectivity index (χ1n) is 10.8. The van der Waals surface area contributed by atoms with Gasteiger partial charge >= 0.3 is 0 Å². The van der Waals surface area contributed by atoms with Crippen molar-refractivity contribution >= 4 is 49.5 Å². The van der Waals surface area contributed by atoms with Crippen molar-refractivity contribution in [2.75, 3.05) is 18.1 Å². The molecule has 33 heavy (non-hydrogen) atoms. The zero-order chi connectivity index (χ0) is 22.9. The lowest BCUT2D eigenvalue weighted by atomic mass is 9.86. The Labute approximate surface area is 197 Å². The number of hydrogen-bond donors (Lipinski definition) is 4. The number of fused-ring (bicyclic) bond motifs is 3. The summed E-state index contributed by atoms with van der Waals surface area (Å²) < 4.78 is 8.67. The molecule has 9 nitrogen and oxygen atoms in total. The van der Waals surface area contributed by atoms with Crippen LogP contribution in [-0.4, -0.2) is 54.1 Å². The number of anilines is 2.